The molecule has 1 amide bonds. The summed E-state index contributed by atoms with van der Waals surface area (Å²) >= 11 is 12.6. The van der Waals surface area contributed by atoms with Crippen molar-refractivity contribution in [2.75, 3.05) is 17.8 Å². The van der Waals surface area contributed by atoms with E-state index in [1.54, 1.807) is 54.6 Å². The van der Waals surface area contributed by atoms with Crippen LogP contribution in [0.5, 0.6) is 11.5 Å². The van der Waals surface area contributed by atoms with E-state index >= 15 is 0 Å². The van der Waals surface area contributed by atoms with E-state index in [0.717, 1.165) is 51.4 Å². The van der Waals surface area contributed by atoms with Gasteiger partial charge < -0.3 is 9.64 Å². The van der Waals surface area contributed by atoms with Crippen LogP contribution >= 0.6 is 23.2 Å². The van der Waals surface area contributed by atoms with Crippen LogP contribution in [0, 0.1) is 11.8 Å². The lowest BCUT2D eigenvalue weighted by Gasteiger charge is -2.31. The molecule has 0 bridgehead atoms. The van der Waals surface area contributed by atoms with Gasteiger partial charge in [0.25, 0.3) is 15.9 Å². The highest BCUT2D eigenvalue weighted by molar-refractivity contribution is 7.92. The molecule has 3 rings (SSSR count). The number of amides is 1. The van der Waals surface area contributed by atoms with Crippen molar-refractivity contribution >= 4 is 44.8 Å². The third-order valence-corrected chi connectivity index (χ3v) is 9.91. The molecule has 0 radical (unpaired) electrons. The van der Waals surface area contributed by atoms with Crippen molar-refractivity contribution in [1.29, 1.82) is 0 Å². The average molecular weight is 662 g/mol. The van der Waals surface area contributed by atoms with Gasteiger partial charge in [-0.3, -0.25) is 9.52 Å². The number of anilines is 1. The Labute approximate surface area is 274 Å². The van der Waals surface area contributed by atoms with Gasteiger partial charge in [-0.05, 0) is 79.3 Å². The maximum absolute atomic E-state index is 14.2. The Morgan fingerprint density at radius 3 is 1.98 bits per heavy atom. The fourth-order valence-corrected chi connectivity index (χ4v) is 6.62. The van der Waals surface area contributed by atoms with Gasteiger partial charge >= 0.3 is 0 Å². The molecular formula is C35H46Cl2N2O4S. The Bertz CT molecular complexity index is 1430. The number of ether oxygens (including phenoxy) is 1. The molecule has 0 fully saturated rings. The van der Waals surface area contributed by atoms with Gasteiger partial charge in [-0.1, -0.05) is 102 Å². The quantitative estimate of drug-likeness (QED) is 0.147. The summed E-state index contributed by atoms with van der Waals surface area (Å²) in [4.78, 5) is 16.2. The molecule has 0 aliphatic carbocycles. The molecule has 2 atom stereocenters. The smallest absolute Gasteiger partial charge is 0.261 e. The van der Waals surface area contributed by atoms with E-state index in [-0.39, 0.29) is 22.1 Å². The van der Waals surface area contributed by atoms with Crippen LogP contribution in [0.2, 0.25) is 10.0 Å². The number of carbonyl (C=O) groups is 1. The highest BCUT2D eigenvalue weighted by atomic mass is 35.5. The summed E-state index contributed by atoms with van der Waals surface area (Å²) in [5, 5.41) is 0.819. The van der Waals surface area contributed by atoms with Crippen molar-refractivity contribution in [3.63, 3.8) is 0 Å². The lowest BCUT2D eigenvalue weighted by molar-refractivity contribution is 0.0686. The molecule has 3 aromatic carbocycles. The van der Waals surface area contributed by atoms with E-state index in [0.29, 0.717) is 46.5 Å². The summed E-state index contributed by atoms with van der Waals surface area (Å²) in [5.41, 5.74) is 0.444. The van der Waals surface area contributed by atoms with Crippen LogP contribution in [-0.2, 0) is 10.0 Å². The van der Waals surface area contributed by atoms with Gasteiger partial charge in [0.15, 0.2) is 0 Å². The Kier molecular flexibility index (Phi) is 14.4. The molecule has 0 aliphatic heterocycles. The van der Waals surface area contributed by atoms with Crippen LogP contribution in [0.25, 0.3) is 0 Å². The van der Waals surface area contributed by atoms with Crippen LogP contribution in [0.1, 0.15) is 89.4 Å². The van der Waals surface area contributed by atoms with Crippen molar-refractivity contribution in [3.05, 3.63) is 82.3 Å². The first-order valence-electron chi connectivity index (χ1n) is 15.8. The Hall–Kier alpha value is -2.74. The first-order valence-corrected chi connectivity index (χ1v) is 18.0. The van der Waals surface area contributed by atoms with Crippen LogP contribution in [-0.4, -0.2) is 32.3 Å². The van der Waals surface area contributed by atoms with E-state index in [9.17, 15) is 13.2 Å². The molecule has 44 heavy (non-hydrogen) atoms. The number of nitrogens with zero attached hydrogens (tertiary/aromatic N) is 1. The van der Waals surface area contributed by atoms with Gasteiger partial charge in [-0.15, -0.1) is 0 Å². The van der Waals surface area contributed by atoms with Gasteiger partial charge in [0.2, 0.25) is 0 Å². The van der Waals surface area contributed by atoms with Crippen molar-refractivity contribution < 1.29 is 17.9 Å². The zero-order chi connectivity index (χ0) is 32.1. The van der Waals surface area contributed by atoms with Gasteiger partial charge in [0.05, 0.1) is 21.2 Å². The topological polar surface area (TPSA) is 75.7 Å². The van der Waals surface area contributed by atoms with E-state index in [1.807, 2.05) is 4.90 Å². The maximum atomic E-state index is 14.2. The summed E-state index contributed by atoms with van der Waals surface area (Å²) in [6, 6.07) is 17.8. The van der Waals surface area contributed by atoms with Crippen LogP contribution in [0.4, 0.5) is 5.69 Å². The molecule has 0 spiro atoms. The van der Waals surface area contributed by atoms with Gasteiger partial charge in [-0.25, -0.2) is 8.42 Å². The fraction of sp³-hybridized carbons (Fsp3) is 0.457. The molecule has 0 aromatic heterocycles. The number of halogens is 2. The van der Waals surface area contributed by atoms with Crippen LogP contribution < -0.4 is 9.46 Å². The van der Waals surface area contributed by atoms with E-state index in [4.69, 9.17) is 27.9 Å². The van der Waals surface area contributed by atoms with Crippen molar-refractivity contribution in [2.24, 2.45) is 11.8 Å². The second-order valence-corrected chi connectivity index (χ2v) is 13.9. The predicted octanol–water partition coefficient (Wildman–Crippen LogP) is 10.5. The molecule has 0 aliphatic rings. The molecule has 0 heterocycles. The first-order chi connectivity index (χ1) is 21.1. The molecular weight excluding hydrogens is 615 g/mol. The van der Waals surface area contributed by atoms with Gasteiger partial charge in [0, 0.05) is 18.1 Å². The number of nitrogens with one attached hydrogen (secondary N) is 1. The number of sulfonamides is 1. The second kappa shape index (κ2) is 17.7. The fourth-order valence-electron chi connectivity index (χ4n) is 5.20. The van der Waals surface area contributed by atoms with Crippen molar-refractivity contribution in [1.82, 2.24) is 4.90 Å². The minimum absolute atomic E-state index is 0.0328. The first kappa shape index (κ1) is 35.7. The zero-order valence-electron chi connectivity index (χ0n) is 26.3. The van der Waals surface area contributed by atoms with Crippen LogP contribution in [0.3, 0.4) is 0 Å². The molecule has 0 unspecified atom stereocenters. The summed E-state index contributed by atoms with van der Waals surface area (Å²) in [7, 11) is -4.03. The van der Waals surface area contributed by atoms with Gasteiger partial charge in [0.1, 0.15) is 11.5 Å². The Morgan fingerprint density at radius 2 is 1.43 bits per heavy atom. The summed E-state index contributed by atoms with van der Waals surface area (Å²) in [6.45, 7) is 9.95. The third-order valence-electron chi connectivity index (χ3n) is 7.99. The zero-order valence-corrected chi connectivity index (χ0v) is 28.6. The van der Waals surface area contributed by atoms with Gasteiger partial charge in [-0.2, -0.15) is 0 Å². The SMILES string of the molecule is CCCC[C@@H](CC)CN(C[C@@H](CC)CCCC)C(=O)c1cc(Cl)ccc1NS(=O)(=O)c1ccc(Oc2ccccc2Cl)cc1. The summed E-state index contributed by atoms with van der Waals surface area (Å²) in [6.07, 6.45) is 8.47. The molecule has 3 aromatic rings. The van der Waals surface area contributed by atoms with Crippen molar-refractivity contribution in [3.8, 4) is 11.5 Å². The number of rotatable bonds is 18. The van der Waals surface area contributed by atoms with E-state index < -0.39 is 10.0 Å². The minimum atomic E-state index is -4.03. The maximum Gasteiger partial charge on any atom is 0.261 e. The predicted molar refractivity (Wildman–Crippen MR) is 183 cm³/mol. The molecule has 1 N–H and O–H groups in total. The number of para-hydroxylation sites is 1. The summed E-state index contributed by atoms with van der Waals surface area (Å²) in [5.74, 6) is 1.44. The molecule has 9 heteroatoms. The molecule has 0 saturated heterocycles. The monoisotopic (exact) mass is 660 g/mol. The number of carbonyl (C=O) groups excluding carboxylic acids is 1. The number of hydrogen-bond donors (Lipinski definition) is 1. The normalized spacial score (nSPS) is 12.9. The molecule has 0 saturated carbocycles. The number of hydrogen-bond acceptors (Lipinski definition) is 4. The Balaban J connectivity index is 1.89. The Morgan fingerprint density at radius 1 is 0.841 bits per heavy atom. The summed E-state index contributed by atoms with van der Waals surface area (Å²) < 4.78 is 35.5. The second-order valence-electron chi connectivity index (χ2n) is 11.3. The lowest BCUT2D eigenvalue weighted by atomic mass is 9.95. The van der Waals surface area contributed by atoms with E-state index in [2.05, 4.69) is 32.4 Å². The van der Waals surface area contributed by atoms with Crippen LogP contribution in [0.15, 0.2) is 71.6 Å². The highest BCUT2D eigenvalue weighted by Gasteiger charge is 2.26. The lowest BCUT2D eigenvalue weighted by Crippen LogP contribution is -2.39. The standard InChI is InChI=1S/C35H46Cl2N2O4S/c1-5-9-13-26(7-3)24-39(25-27(8-4)14-10-6-2)35(40)31-23-28(36)17-22-33(31)38-44(41,42)30-20-18-29(19-21-30)43-34-16-12-11-15-32(34)37/h11-12,15-23,26-27,38H,5-10,13-14,24-25H2,1-4H3/t26-,27+. The van der Waals surface area contributed by atoms with E-state index in [1.165, 1.54) is 12.1 Å². The molecule has 240 valence electrons. The van der Waals surface area contributed by atoms with Crippen molar-refractivity contribution in [2.45, 2.75) is 84.0 Å². The highest BCUT2D eigenvalue weighted by Crippen LogP contribution is 2.31. The average Bonchev–Trinajstić information content (AvgIpc) is 3.02. The minimum Gasteiger partial charge on any atom is -0.456 e. The third kappa shape index (κ3) is 10.4. The number of benzene rings is 3. The molecule has 6 nitrogen and oxygen atoms in total. The largest absolute Gasteiger partial charge is 0.456 e. The number of unbranched alkanes of at least 4 members (excludes halogenated alkanes) is 2.